The highest BCUT2D eigenvalue weighted by atomic mass is 79.9. The number of hydrogen-bond donors (Lipinski definition) is 1. The maximum Gasteiger partial charge on any atom is 0.150 e. The van der Waals surface area contributed by atoms with E-state index in [0.717, 1.165) is 15.7 Å². The molecule has 0 aliphatic carbocycles. The molecule has 0 aromatic heterocycles. The van der Waals surface area contributed by atoms with E-state index in [2.05, 4.69) is 15.9 Å². The first-order valence-electron chi connectivity index (χ1n) is 4.19. The van der Waals surface area contributed by atoms with Gasteiger partial charge in [0.2, 0.25) is 0 Å². The number of aliphatic hydroxyl groups excluding tert-OH is 1. The van der Waals surface area contributed by atoms with Crippen LogP contribution < -0.4 is 0 Å². The van der Waals surface area contributed by atoms with Crippen LogP contribution >= 0.6 is 27.7 Å². The second-order valence-electron chi connectivity index (χ2n) is 2.92. The van der Waals surface area contributed by atoms with Crippen molar-refractivity contribution < 1.29 is 9.90 Å². The normalized spacial score (nSPS) is 12.5. The highest BCUT2D eigenvalue weighted by Crippen LogP contribution is 2.30. The standard InChI is InChI=1S/C10H11BrO2S/c1-7(5-12)14-10-3-2-8(6-13)4-9(10)11/h2-4,6-7,12H,5H2,1H3. The monoisotopic (exact) mass is 274 g/mol. The number of aldehydes is 1. The minimum atomic E-state index is 0.145. The molecule has 0 aliphatic rings. The van der Waals surface area contributed by atoms with Crippen molar-refractivity contribution >= 4 is 34.0 Å². The van der Waals surface area contributed by atoms with Gasteiger partial charge in [0.25, 0.3) is 0 Å². The van der Waals surface area contributed by atoms with Gasteiger partial charge in [0.1, 0.15) is 6.29 Å². The summed E-state index contributed by atoms with van der Waals surface area (Å²) >= 11 is 4.96. The molecule has 0 aliphatic heterocycles. The summed E-state index contributed by atoms with van der Waals surface area (Å²) in [5, 5.41) is 9.06. The number of benzene rings is 1. The summed E-state index contributed by atoms with van der Waals surface area (Å²) in [7, 11) is 0. The van der Waals surface area contributed by atoms with Gasteiger partial charge in [0.05, 0.1) is 6.61 Å². The molecule has 14 heavy (non-hydrogen) atoms. The lowest BCUT2D eigenvalue weighted by atomic mass is 10.2. The Hall–Kier alpha value is -0.320. The van der Waals surface area contributed by atoms with Crippen molar-refractivity contribution in [2.24, 2.45) is 0 Å². The molecule has 0 amide bonds. The van der Waals surface area contributed by atoms with E-state index in [9.17, 15) is 4.79 Å². The molecular weight excluding hydrogens is 264 g/mol. The van der Waals surface area contributed by atoms with Crippen LogP contribution in [0.1, 0.15) is 17.3 Å². The second kappa shape index (κ2) is 5.53. The Morgan fingerprint density at radius 1 is 1.64 bits per heavy atom. The summed E-state index contributed by atoms with van der Waals surface area (Å²) in [4.78, 5) is 11.5. The topological polar surface area (TPSA) is 37.3 Å². The minimum absolute atomic E-state index is 0.145. The van der Waals surface area contributed by atoms with Gasteiger partial charge in [-0.1, -0.05) is 13.0 Å². The lowest BCUT2D eigenvalue weighted by Gasteiger charge is -2.09. The Balaban J connectivity index is 2.83. The fourth-order valence-corrected chi connectivity index (χ4v) is 2.44. The fourth-order valence-electron chi connectivity index (χ4n) is 0.940. The first kappa shape index (κ1) is 11.8. The third-order valence-corrected chi connectivity index (χ3v) is 3.76. The van der Waals surface area contributed by atoms with Gasteiger partial charge in [-0.2, -0.15) is 0 Å². The summed E-state index contributed by atoms with van der Waals surface area (Å²) in [5.74, 6) is 0. The van der Waals surface area contributed by atoms with Gasteiger partial charge >= 0.3 is 0 Å². The number of halogens is 1. The van der Waals surface area contributed by atoms with Gasteiger partial charge < -0.3 is 5.11 Å². The van der Waals surface area contributed by atoms with Crippen molar-refractivity contribution in [1.29, 1.82) is 0 Å². The third-order valence-electron chi connectivity index (χ3n) is 1.68. The van der Waals surface area contributed by atoms with Crippen LogP contribution in [0, 0.1) is 0 Å². The van der Waals surface area contributed by atoms with Crippen LogP contribution in [-0.4, -0.2) is 23.2 Å². The van der Waals surface area contributed by atoms with Gasteiger partial charge in [-0.05, 0) is 28.1 Å². The first-order chi connectivity index (χ1) is 6.67. The van der Waals surface area contributed by atoms with E-state index in [-0.39, 0.29) is 11.9 Å². The molecule has 1 rings (SSSR count). The molecule has 0 spiro atoms. The van der Waals surface area contributed by atoms with Crippen LogP contribution in [0.2, 0.25) is 0 Å². The molecule has 0 fully saturated rings. The predicted octanol–water partition coefficient (Wildman–Crippen LogP) is 2.73. The SMILES string of the molecule is CC(CO)Sc1ccc(C=O)cc1Br. The molecule has 0 bridgehead atoms. The summed E-state index contributed by atoms with van der Waals surface area (Å²) < 4.78 is 0.896. The molecule has 0 saturated heterocycles. The smallest absolute Gasteiger partial charge is 0.150 e. The van der Waals surface area contributed by atoms with E-state index in [1.54, 1.807) is 23.9 Å². The molecule has 1 unspecified atom stereocenters. The Labute approximate surface area is 95.8 Å². The maximum atomic E-state index is 10.5. The highest BCUT2D eigenvalue weighted by molar-refractivity contribution is 9.10. The lowest BCUT2D eigenvalue weighted by Crippen LogP contribution is -2.01. The average Bonchev–Trinajstić information content (AvgIpc) is 2.20. The Morgan fingerprint density at radius 3 is 2.86 bits per heavy atom. The fraction of sp³-hybridized carbons (Fsp3) is 0.300. The van der Waals surface area contributed by atoms with Crippen molar-refractivity contribution in [3.63, 3.8) is 0 Å². The number of hydrogen-bond acceptors (Lipinski definition) is 3. The van der Waals surface area contributed by atoms with Crippen LogP contribution in [0.4, 0.5) is 0 Å². The van der Waals surface area contributed by atoms with Crippen molar-refractivity contribution in [3.8, 4) is 0 Å². The van der Waals surface area contributed by atoms with Gasteiger partial charge in [-0.3, -0.25) is 4.79 Å². The number of rotatable bonds is 4. The second-order valence-corrected chi connectivity index (χ2v) is 5.25. The van der Waals surface area contributed by atoms with Crippen LogP contribution in [-0.2, 0) is 0 Å². The molecule has 1 atom stereocenters. The Morgan fingerprint density at radius 2 is 2.36 bits per heavy atom. The molecule has 1 N–H and O–H groups in total. The van der Waals surface area contributed by atoms with Crippen molar-refractivity contribution in [1.82, 2.24) is 0 Å². The van der Waals surface area contributed by atoms with Crippen LogP contribution in [0.3, 0.4) is 0 Å². The highest BCUT2D eigenvalue weighted by Gasteiger charge is 2.06. The molecule has 0 saturated carbocycles. The summed E-state index contributed by atoms with van der Waals surface area (Å²) in [6.45, 7) is 2.09. The van der Waals surface area contributed by atoms with E-state index in [1.807, 2.05) is 13.0 Å². The Kier molecular flexibility index (Phi) is 4.65. The zero-order chi connectivity index (χ0) is 10.6. The van der Waals surface area contributed by atoms with Gasteiger partial charge in [-0.25, -0.2) is 0 Å². The average molecular weight is 275 g/mol. The number of thioether (sulfide) groups is 1. The van der Waals surface area contributed by atoms with Gasteiger partial charge in [0, 0.05) is 20.2 Å². The van der Waals surface area contributed by atoms with Crippen molar-refractivity contribution in [2.45, 2.75) is 17.1 Å². The molecule has 2 nitrogen and oxygen atoms in total. The summed E-state index contributed by atoms with van der Waals surface area (Å²) in [5.41, 5.74) is 0.651. The van der Waals surface area contributed by atoms with E-state index >= 15 is 0 Å². The molecule has 4 heteroatoms. The molecule has 0 heterocycles. The Bertz CT molecular complexity index is 328. The lowest BCUT2D eigenvalue weighted by molar-refractivity contribution is 0.112. The van der Waals surface area contributed by atoms with Crippen molar-refractivity contribution in [3.05, 3.63) is 28.2 Å². The van der Waals surface area contributed by atoms with E-state index in [1.165, 1.54) is 0 Å². The molecular formula is C10H11BrO2S. The molecule has 1 aromatic carbocycles. The zero-order valence-electron chi connectivity index (χ0n) is 7.74. The molecule has 0 radical (unpaired) electrons. The van der Waals surface area contributed by atoms with E-state index in [4.69, 9.17) is 5.11 Å². The quantitative estimate of drug-likeness (QED) is 0.678. The molecule has 76 valence electrons. The van der Waals surface area contributed by atoms with Crippen molar-refractivity contribution in [2.75, 3.05) is 6.61 Å². The summed E-state index contributed by atoms with van der Waals surface area (Å²) in [6, 6.07) is 5.42. The van der Waals surface area contributed by atoms with Gasteiger partial charge in [-0.15, -0.1) is 11.8 Å². The van der Waals surface area contributed by atoms with Crippen LogP contribution in [0.5, 0.6) is 0 Å². The van der Waals surface area contributed by atoms with Gasteiger partial charge in [0.15, 0.2) is 0 Å². The van der Waals surface area contributed by atoms with Crippen LogP contribution in [0.15, 0.2) is 27.6 Å². The summed E-state index contributed by atoms with van der Waals surface area (Å²) in [6.07, 6.45) is 0.814. The predicted molar refractivity (Wildman–Crippen MR) is 61.9 cm³/mol. The first-order valence-corrected chi connectivity index (χ1v) is 5.87. The minimum Gasteiger partial charge on any atom is -0.395 e. The van der Waals surface area contributed by atoms with E-state index < -0.39 is 0 Å². The number of aliphatic hydroxyl groups is 1. The zero-order valence-corrected chi connectivity index (χ0v) is 10.1. The number of carbonyl (C=O) groups excluding carboxylic acids is 1. The largest absolute Gasteiger partial charge is 0.395 e. The van der Waals surface area contributed by atoms with E-state index in [0.29, 0.717) is 5.56 Å². The number of carbonyl (C=O) groups is 1. The third kappa shape index (κ3) is 3.12. The maximum absolute atomic E-state index is 10.5. The molecule has 1 aromatic rings. The van der Waals surface area contributed by atoms with Crippen LogP contribution in [0.25, 0.3) is 0 Å².